The van der Waals surface area contributed by atoms with E-state index in [9.17, 15) is 8.42 Å². The Labute approximate surface area is 116 Å². The summed E-state index contributed by atoms with van der Waals surface area (Å²) in [6, 6.07) is 0. The van der Waals surface area contributed by atoms with Gasteiger partial charge in [-0.1, -0.05) is 11.6 Å². The average molecular weight is 304 g/mol. The maximum atomic E-state index is 12.3. The molecule has 0 spiro atoms. The molecule has 0 saturated carbocycles. The predicted octanol–water partition coefficient (Wildman–Crippen LogP) is 0.628. The molecule has 7 nitrogen and oxygen atoms in total. The van der Waals surface area contributed by atoms with Crippen molar-refractivity contribution >= 4 is 21.6 Å². The highest BCUT2D eigenvalue weighted by molar-refractivity contribution is 7.89. The summed E-state index contributed by atoms with van der Waals surface area (Å²) < 4.78 is 28.9. The van der Waals surface area contributed by atoms with Crippen molar-refractivity contribution in [3.8, 4) is 0 Å². The van der Waals surface area contributed by atoms with E-state index in [0.29, 0.717) is 0 Å². The fraction of sp³-hybridized carbons (Fsp3) is 0.400. The molecule has 0 radical (unpaired) electrons. The zero-order valence-electron chi connectivity index (χ0n) is 10.8. The number of hydrogen-bond acceptors (Lipinski definition) is 4. The molecule has 0 aromatic carbocycles. The summed E-state index contributed by atoms with van der Waals surface area (Å²) in [5.74, 6) is 0. The van der Waals surface area contributed by atoms with Crippen LogP contribution in [0.4, 0.5) is 0 Å². The van der Waals surface area contributed by atoms with Gasteiger partial charge in [-0.2, -0.15) is 9.40 Å². The molecule has 0 aliphatic rings. The zero-order valence-corrected chi connectivity index (χ0v) is 12.4. The van der Waals surface area contributed by atoms with E-state index in [1.165, 1.54) is 22.2 Å². The van der Waals surface area contributed by atoms with Gasteiger partial charge in [-0.05, 0) is 0 Å². The molecule has 104 valence electrons. The van der Waals surface area contributed by atoms with Gasteiger partial charge in [0.15, 0.2) is 0 Å². The van der Waals surface area contributed by atoms with Crippen LogP contribution in [-0.4, -0.2) is 39.1 Å². The van der Waals surface area contributed by atoms with Crippen LogP contribution in [0.2, 0.25) is 5.15 Å². The largest absolute Gasteiger partial charge is 0.324 e. The van der Waals surface area contributed by atoms with Gasteiger partial charge in [0.25, 0.3) is 10.0 Å². The van der Waals surface area contributed by atoms with Crippen molar-refractivity contribution < 1.29 is 8.42 Å². The van der Waals surface area contributed by atoms with Crippen LogP contribution in [-0.2, 0) is 30.7 Å². The van der Waals surface area contributed by atoms with Crippen LogP contribution in [0, 0.1) is 0 Å². The van der Waals surface area contributed by atoms with E-state index < -0.39 is 10.0 Å². The molecule has 0 aliphatic carbocycles. The van der Waals surface area contributed by atoms with Gasteiger partial charge in [-0.3, -0.25) is 4.68 Å². The van der Waals surface area contributed by atoms with E-state index >= 15 is 0 Å². The van der Waals surface area contributed by atoms with E-state index in [0.717, 1.165) is 5.56 Å². The second kappa shape index (κ2) is 4.95. The van der Waals surface area contributed by atoms with Crippen LogP contribution in [0.1, 0.15) is 5.56 Å². The minimum Gasteiger partial charge on any atom is -0.324 e. The second-order valence-corrected chi connectivity index (χ2v) is 6.55. The van der Waals surface area contributed by atoms with Crippen LogP contribution >= 0.6 is 11.6 Å². The fourth-order valence-electron chi connectivity index (χ4n) is 1.61. The third-order valence-corrected chi connectivity index (χ3v) is 4.95. The van der Waals surface area contributed by atoms with Crippen molar-refractivity contribution in [1.29, 1.82) is 0 Å². The van der Waals surface area contributed by atoms with Crippen LogP contribution in [0.3, 0.4) is 0 Å². The van der Waals surface area contributed by atoms with Gasteiger partial charge in [0.05, 0.1) is 12.5 Å². The standard InChI is InChI=1S/C10H14ClN5O2S/c1-14-7-12-10(9(14)11)19(17,18)16(3)6-8-4-13-15(2)5-8/h4-5,7H,6H2,1-3H3. The van der Waals surface area contributed by atoms with Gasteiger partial charge in [0.2, 0.25) is 5.03 Å². The summed E-state index contributed by atoms with van der Waals surface area (Å²) in [4.78, 5) is 3.84. The number of imidazole rings is 1. The van der Waals surface area contributed by atoms with Crippen molar-refractivity contribution in [1.82, 2.24) is 23.6 Å². The Kier molecular flexibility index (Phi) is 3.66. The Morgan fingerprint density at radius 3 is 2.58 bits per heavy atom. The molecule has 0 amide bonds. The van der Waals surface area contributed by atoms with Gasteiger partial charge >= 0.3 is 0 Å². The Morgan fingerprint density at radius 2 is 2.11 bits per heavy atom. The average Bonchev–Trinajstić information content (AvgIpc) is 2.87. The Bertz CT molecular complexity index is 691. The summed E-state index contributed by atoms with van der Waals surface area (Å²) in [5, 5.41) is 3.95. The van der Waals surface area contributed by atoms with Gasteiger partial charge in [0.1, 0.15) is 5.15 Å². The number of rotatable bonds is 4. The molecule has 2 aromatic rings. The molecule has 0 fully saturated rings. The molecule has 19 heavy (non-hydrogen) atoms. The molecule has 9 heteroatoms. The first-order chi connectivity index (χ1) is 8.82. The molecule has 0 N–H and O–H groups in total. The SMILES string of the molecule is CN(Cc1cnn(C)c1)S(=O)(=O)c1ncn(C)c1Cl. The van der Waals surface area contributed by atoms with E-state index in [1.54, 1.807) is 31.2 Å². The smallest absolute Gasteiger partial charge is 0.263 e. The molecule has 2 heterocycles. The molecule has 0 atom stereocenters. The first-order valence-corrected chi connectivity index (χ1v) is 7.25. The topological polar surface area (TPSA) is 73.0 Å². The first kappa shape index (κ1) is 14.0. The molecular weight excluding hydrogens is 290 g/mol. The number of nitrogens with zero attached hydrogens (tertiary/aromatic N) is 5. The van der Waals surface area contributed by atoms with E-state index in [2.05, 4.69) is 10.1 Å². The lowest BCUT2D eigenvalue weighted by Gasteiger charge is -2.14. The first-order valence-electron chi connectivity index (χ1n) is 5.43. The molecule has 0 aliphatic heterocycles. The van der Waals surface area contributed by atoms with Gasteiger partial charge in [-0.25, -0.2) is 13.4 Å². The van der Waals surface area contributed by atoms with Crippen molar-refractivity contribution in [3.63, 3.8) is 0 Å². The molecule has 2 aromatic heterocycles. The summed E-state index contributed by atoms with van der Waals surface area (Å²) >= 11 is 5.92. The van der Waals surface area contributed by atoms with Crippen molar-refractivity contribution in [3.05, 3.63) is 29.4 Å². The number of hydrogen-bond donors (Lipinski definition) is 0. The Morgan fingerprint density at radius 1 is 1.42 bits per heavy atom. The highest BCUT2D eigenvalue weighted by atomic mass is 35.5. The molecular formula is C10H14ClN5O2S. The van der Waals surface area contributed by atoms with Crippen molar-refractivity contribution in [2.75, 3.05) is 7.05 Å². The monoisotopic (exact) mass is 303 g/mol. The maximum absolute atomic E-state index is 12.3. The van der Waals surface area contributed by atoms with Gasteiger partial charge < -0.3 is 4.57 Å². The second-order valence-electron chi connectivity index (χ2n) is 4.23. The molecule has 0 saturated heterocycles. The normalized spacial score (nSPS) is 12.3. The Hall–Kier alpha value is -1.38. The van der Waals surface area contributed by atoms with Crippen molar-refractivity contribution in [2.45, 2.75) is 11.6 Å². The lowest BCUT2D eigenvalue weighted by Crippen LogP contribution is -2.27. The lowest BCUT2D eigenvalue weighted by atomic mass is 10.4. The summed E-state index contributed by atoms with van der Waals surface area (Å²) in [5.41, 5.74) is 0.792. The minimum atomic E-state index is -3.71. The summed E-state index contributed by atoms with van der Waals surface area (Å²) in [6.45, 7) is 0.211. The van der Waals surface area contributed by atoms with Crippen LogP contribution in [0.25, 0.3) is 0 Å². The number of aryl methyl sites for hydroxylation is 2. The van der Waals surface area contributed by atoms with E-state index in [4.69, 9.17) is 11.6 Å². The van der Waals surface area contributed by atoms with Crippen molar-refractivity contribution in [2.24, 2.45) is 14.1 Å². The van der Waals surface area contributed by atoms with E-state index in [-0.39, 0.29) is 16.7 Å². The third-order valence-electron chi connectivity index (χ3n) is 2.65. The highest BCUT2D eigenvalue weighted by Crippen LogP contribution is 2.22. The Balaban J connectivity index is 2.27. The minimum absolute atomic E-state index is 0.0954. The maximum Gasteiger partial charge on any atom is 0.263 e. The quantitative estimate of drug-likeness (QED) is 0.830. The van der Waals surface area contributed by atoms with Gasteiger partial charge in [0, 0.05) is 39.4 Å². The predicted molar refractivity (Wildman–Crippen MR) is 70.1 cm³/mol. The summed E-state index contributed by atoms with van der Waals surface area (Å²) in [6.07, 6.45) is 4.74. The number of halogens is 1. The molecule has 0 unspecified atom stereocenters. The van der Waals surface area contributed by atoms with Crippen LogP contribution in [0.5, 0.6) is 0 Å². The third kappa shape index (κ3) is 2.65. The van der Waals surface area contributed by atoms with Gasteiger partial charge in [-0.15, -0.1) is 0 Å². The molecule has 2 rings (SSSR count). The number of sulfonamides is 1. The number of aromatic nitrogens is 4. The lowest BCUT2D eigenvalue weighted by molar-refractivity contribution is 0.464. The highest BCUT2D eigenvalue weighted by Gasteiger charge is 2.27. The fourth-order valence-corrected chi connectivity index (χ4v) is 3.15. The summed E-state index contributed by atoms with van der Waals surface area (Å²) in [7, 11) is 1.18. The van der Waals surface area contributed by atoms with E-state index in [1.807, 2.05) is 0 Å². The van der Waals surface area contributed by atoms with Crippen LogP contribution in [0.15, 0.2) is 23.7 Å². The molecule has 0 bridgehead atoms. The zero-order chi connectivity index (χ0) is 14.2. The van der Waals surface area contributed by atoms with Crippen LogP contribution < -0.4 is 0 Å².